The Balaban J connectivity index is 1.82. The van der Waals surface area contributed by atoms with E-state index in [4.69, 9.17) is 5.11 Å². The van der Waals surface area contributed by atoms with Gasteiger partial charge in [0.05, 0.1) is 5.41 Å². The Morgan fingerprint density at radius 3 is 2.68 bits per heavy atom. The third kappa shape index (κ3) is 4.08. The summed E-state index contributed by atoms with van der Waals surface area (Å²) in [6.45, 7) is 2.40. The molecular formula is C15H24F2N2O3. The van der Waals surface area contributed by atoms with Crippen LogP contribution in [0.2, 0.25) is 0 Å². The topological polar surface area (TPSA) is 69.6 Å². The molecule has 5 nitrogen and oxygen atoms in total. The first-order valence-corrected chi connectivity index (χ1v) is 7.86. The summed E-state index contributed by atoms with van der Waals surface area (Å²) < 4.78 is 27.1. The van der Waals surface area contributed by atoms with Gasteiger partial charge in [-0.3, -0.25) is 4.79 Å². The van der Waals surface area contributed by atoms with Crippen LogP contribution >= 0.6 is 0 Å². The first kappa shape index (κ1) is 17.0. The van der Waals surface area contributed by atoms with E-state index in [2.05, 4.69) is 5.32 Å². The smallest absolute Gasteiger partial charge is 0.317 e. The molecule has 126 valence electrons. The number of alkyl halides is 2. The lowest BCUT2D eigenvalue weighted by Crippen LogP contribution is -2.42. The number of nitrogens with one attached hydrogen (secondary N) is 1. The number of carboxylic acids is 1. The van der Waals surface area contributed by atoms with Crippen molar-refractivity contribution in [3.63, 3.8) is 0 Å². The van der Waals surface area contributed by atoms with E-state index in [9.17, 15) is 18.4 Å². The van der Waals surface area contributed by atoms with E-state index in [1.54, 1.807) is 6.92 Å². The molecule has 7 heteroatoms. The minimum atomic E-state index is -2.64. The number of urea groups is 1. The molecule has 22 heavy (non-hydrogen) atoms. The molecule has 1 aliphatic carbocycles. The van der Waals surface area contributed by atoms with Crippen LogP contribution in [0.4, 0.5) is 13.6 Å². The van der Waals surface area contributed by atoms with Crippen molar-refractivity contribution in [3.05, 3.63) is 0 Å². The molecule has 2 atom stereocenters. The van der Waals surface area contributed by atoms with Gasteiger partial charge in [0.2, 0.25) is 5.92 Å². The van der Waals surface area contributed by atoms with E-state index in [0.29, 0.717) is 25.8 Å². The lowest BCUT2D eigenvalue weighted by atomic mass is 9.90. The van der Waals surface area contributed by atoms with Crippen molar-refractivity contribution in [1.82, 2.24) is 10.2 Å². The highest BCUT2D eigenvalue weighted by atomic mass is 19.3. The molecule has 2 fully saturated rings. The van der Waals surface area contributed by atoms with E-state index >= 15 is 0 Å². The molecule has 1 saturated heterocycles. The number of hydrogen-bond donors (Lipinski definition) is 2. The van der Waals surface area contributed by atoms with Gasteiger partial charge in [-0.2, -0.15) is 0 Å². The number of carbonyl (C=O) groups is 2. The fourth-order valence-electron chi connectivity index (χ4n) is 3.27. The van der Waals surface area contributed by atoms with Gasteiger partial charge in [0.1, 0.15) is 0 Å². The first-order valence-electron chi connectivity index (χ1n) is 7.86. The van der Waals surface area contributed by atoms with Crippen LogP contribution in [0.15, 0.2) is 0 Å². The fourth-order valence-corrected chi connectivity index (χ4v) is 3.27. The van der Waals surface area contributed by atoms with Crippen LogP contribution < -0.4 is 5.32 Å². The zero-order valence-corrected chi connectivity index (χ0v) is 12.9. The summed E-state index contributed by atoms with van der Waals surface area (Å²) in [6.07, 6.45) is 2.15. The predicted octanol–water partition coefficient (Wildman–Crippen LogP) is 2.71. The van der Waals surface area contributed by atoms with Crippen LogP contribution in [0.3, 0.4) is 0 Å². The SMILES string of the molecule is CC1(C(=O)O)CCN(C(=O)NCC2CCCCC(F)(F)C2)C1. The van der Waals surface area contributed by atoms with Crippen LogP contribution in [0.25, 0.3) is 0 Å². The molecule has 0 bridgehead atoms. The summed E-state index contributed by atoms with van der Waals surface area (Å²) in [5.41, 5.74) is -0.910. The van der Waals surface area contributed by atoms with Gasteiger partial charge in [-0.25, -0.2) is 13.6 Å². The van der Waals surface area contributed by atoms with Crippen molar-refractivity contribution in [2.75, 3.05) is 19.6 Å². The molecule has 1 aliphatic heterocycles. The van der Waals surface area contributed by atoms with Gasteiger partial charge in [0.15, 0.2) is 0 Å². The quantitative estimate of drug-likeness (QED) is 0.786. The highest BCUT2D eigenvalue weighted by molar-refractivity contribution is 5.79. The Labute approximate surface area is 129 Å². The summed E-state index contributed by atoms with van der Waals surface area (Å²) in [4.78, 5) is 24.7. The molecule has 0 radical (unpaired) electrons. The number of hydrogen-bond acceptors (Lipinski definition) is 2. The van der Waals surface area contributed by atoms with E-state index < -0.39 is 17.3 Å². The van der Waals surface area contributed by atoms with Gasteiger partial charge in [0.25, 0.3) is 0 Å². The molecule has 2 N–H and O–H groups in total. The fraction of sp³-hybridized carbons (Fsp3) is 0.867. The van der Waals surface area contributed by atoms with Crippen molar-refractivity contribution >= 4 is 12.0 Å². The van der Waals surface area contributed by atoms with Crippen LogP contribution in [-0.2, 0) is 4.79 Å². The molecule has 2 aliphatic rings. The average molecular weight is 318 g/mol. The van der Waals surface area contributed by atoms with Gasteiger partial charge >= 0.3 is 12.0 Å². The highest BCUT2D eigenvalue weighted by Gasteiger charge is 2.42. The van der Waals surface area contributed by atoms with E-state index in [1.807, 2.05) is 0 Å². The molecule has 2 amide bonds. The molecular weight excluding hydrogens is 294 g/mol. The first-order chi connectivity index (χ1) is 10.2. The Hall–Kier alpha value is -1.40. The number of halogens is 2. The summed E-state index contributed by atoms with van der Waals surface area (Å²) in [5.74, 6) is -3.76. The maximum Gasteiger partial charge on any atom is 0.317 e. The second-order valence-electron chi connectivity index (χ2n) is 6.90. The second-order valence-corrected chi connectivity index (χ2v) is 6.90. The normalized spacial score (nSPS) is 31.6. The number of aliphatic carboxylic acids is 1. The highest BCUT2D eigenvalue weighted by Crippen LogP contribution is 2.35. The number of amides is 2. The van der Waals surface area contributed by atoms with Gasteiger partial charge in [-0.1, -0.05) is 6.42 Å². The average Bonchev–Trinajstić information content (AvgIpc) is 2.75. The van der Waals surface area contributed by atoms with E-state index in [0.717, 1.165) is 6.42 Å². The Bertz CT molecular complexity index is 445. The Kier molecular flexibility index (Phi) is 4.92. The molecule has 0 spiro atoms. The van der Waals surface area contributed by atoms with Gasteiger partial charge in [-0.15, -0.1) is 0 Å². The van der Waals surface area contributed by atoms with Crippen LogP contribution in [0.1, 0.15) is 45.4 Å². The van der Waals surface area contributed by atoms with E-state index in [-0.39, 0.29) is 37.9 Å². The maximum atomic E-state index is 13.5. The van der Waals surface area contributed by atoms with Crippen molar-refractivity contribution in [2.24, 2.45) is 11.3 Å². The van der Waals surface area contributed by atoms with Crippen LogP contribution in [-0.4, -0.2) is 47.6 Å². The second kappa shape index (κ2) is 6.38. The molecule has 1 heterocycles. The van der Waals surface area contributed by atoms with Crippen molar-refractivity contribution < 1.29 is 23.5 Å². The largest absolute Gasteiger partial charge is 0.481 e. The summed E-state index contributed by atoms with van der Waals surface area (Å²) in [7, 11) is 0. The summed E-state index contributed by atoms with van der Waals surface area (Å²) >= 11 is 0. The minimum absolute atomic E-state index is 0.0689. The Morgan fingerprint density at radius 2 is 2.05 bits per heavy atom. The lowest BCUT2D eigenvalue weighted by Gasteiger charge is -2.23. The third-order valence-electron chi connectivity index (χ3n) is 4.81. The molecule has 2 rings (SSSR count). The van der Waals surface area contributed by atoms with Crippen LogP contribution in [0, 0.1) is 11.3 Å². The maximum absolute atomic E-state index is 13.5. The van der Waals surface area contributed by atoms with Crippen molar-refractivity contribution in [2.45, 2.75) is 51.4 Å². The third-order valence-corrected chi connectivity index (χ3v) is 4.81. The van der Waals surface area contributed by atoms with E-state index in [1.165, 1.54) is 4.90 Å². The van der Waals surface area contributed by atoms with Gasteiger partial charge in [-0.05, 0) is 32.1 Å². The minimum Gasteiger partial charge on any atom is -0.481 e. The zero-order chi connectivity index (χ0) is 16.4. The molecule has 1 saturated carbocycles. The summed E-state index contributed by atoms with van der Waals surface area (Å²) in [6, 6.07) is -0.350. The lowest BCUT2D eigenvalue weighted by molar-refractivity contribution is -0.147. The van der Waals surface area contributed by atoms with Crippen molar-refractivity contribution in [1.29, 1.82) is 0 Å². The number of carbonyl (C=O) groups excluding carboxylic acids is 1. The Morgan fingerprint density at radius 1 is 1.32 bits per heavy atom. The summed E-state index contributed by atoms with van der Waals surface area (Å²) in [5, 5.41) is 11.9. The molecule has 0 aromatic heterocycles. The zero-order valence-electron chi connectivity index (χ0n) is 12.9. The number of rotatable bonds is 3. The standard InChI is InChI=1S/C15H24F2N2O3/c1-14(12(20)21)6-7-19(10-14)13(22)18-9-11-4-2-3-5-15(16,17)8-11/h11H,2-10H2,1H3,(H,18,22)(H,20,21). The number of nitrogens with zero attached hydrogens (tertiary/aromatic N) is 1. The predicted molar refractivity (Wildman–Crippen MR) is 76.9 cm³/mol. The van der Waals surface area contributed by atoms with Gasteiger partial charge in [0, 0.05) is 32.5 Å². The molecule has 0 aromatic rings. The molecule has 2 unspecified atom stereocenters. The van der Waals surface area contributed by atoms with Gasteiger partial charge < -0.3 is 15.3 Å². The molecule has 0 aromatic carbocycles. The monoisotopic (exact) mass is 318 g/mol. The van der Waals surface area contributed by atoms with Crippen molar-refractivity contribution in [3.8, 4) is 0 Å². The van der Waals surface area contributed by atoms with Crippen LogP contribution in [0.5, 0.6) is 0 Å². The number of carboxylic acid groups (broad SMARTS) is 1. The number of likely N-dealkylation sites (tertiary alicyclic amines) is 1.